The molecule has 0 spiro atoms. The van der Waals surface area contributed by atoms with E-state index in [0.717, 1.165) is 12.0 Å². The highest BCUT2D eigenvalue weighted by Crippen LogP contribution is 2.24. The predicted molar refractivity (Wildman–Crippen MR) is 77.9 cm³/mol. The van der Waals surface area contributed by atoms with Crippen molar-refractivity contribution in [2.24, 2.45) is 0 Å². The van der Waals surface area contributed by atoms with E-state index in [1.807, 2.05) is 13.0 Å². The number of hydrogen-bond acceptors (Lipinski definition) is 5. The number of rotatable bonds is 7. The van der Waals surface area contributed by atoms with Gasteiger partial charge in [-0.2, -0.15) is 0 Å². The fraction of sp³-hybridized carbons (Fsp3) is 0.400. The van der Waals surface area contributed by atoms with Gasteiger partial charge in [-0.05, 0) is 32.4 Å². The van der Waals surface area contributed by atoms with Gasteiger partial charge in [-0.1, -0.05) is 5.16 Å². The molecule has 0 saturated heterocycles. The zero-order valence-corrected chi connectivity index (χ0v) is 12.3. The van der Waals surface area contributed by atoms with E-state index in [1.165, 1.54) is 0 Å². The van der Waals surface area contributed by atoms with Crippen molar-refractivity contribution in [3.8, 4) is 11.3 Å². The maximum atomic E-state index is 12.3. The molecule has 0 radical (unpaired) electrons. The molecule has 2 rings (SSSR count). The van der Waals surface area contributed by atoms with Gasteiger partial charge >= 0.3 is 0 Å². The molecule has 21 heavy (non-hydrogen) atoms. The Hall–Kier alpha value is -2.21. The average molecular weight is 289 g/mol. The van der Waals surface area contributed by atoms with Gasteiger partial charge in [0.15, 0.2) is 0 Å². The number of carbonyl (C=O) groups excluding carboxylic acids is 1. The molecule has 1 amide bonds. The Morgan fingerprint density at radius 2 is 2.33 bits per heavy atom. The maximum absolute atomic E-state index is 12.3. The number of aryl methyl sites for hydroxylation is 1. The molecular weight excluding hydrogens is 270 g/mol. The van der Waals surface area contributed by atoms with Crippen molar-refractivity contribution < 1.29 is 14.1 Å². The Balaban J connectivity index is 2.06. The summed E-state index contributed by atoms with van der Waals surface area (Å²) in [7, 11) is 0. The molecule has 0 fully saturated rings. The molecule has 0 saturated carbocycles. The second-order valence-corrected chi connectivity index (χ2v) is 4.51. The smallest absolute Gasteiger partial charge is 0.257 e. The maximum Gasteiger partial charge on any atom is 0.257 e. The van der Waals surface area contributed by atoms with Crippen LogP contribution in [0.25, 0.3) is 11.3 Å². The van der Waals surface area contributed by atoms with Gasteiger partial charge in [0, 0.05) is 37.7 Å². The monoisotopic (exact) mass is 289 g/mol. The number of hydrogen-bond donors (Lipinski definition) is 1. The fourth-order valence-electron chi connectivity index (χ4n) is 1.95. The predicted octanol–water partition coefficient (Wildman–Crippen LogP) is 2.20. The molecular formula is C15H19N3O3. The van der Waals surface area contributed by atoms with Crippen LogP contribution in [0.15, 0.2) is 29.0 Å². The van der Waals surface area contributed by atoms with E-state index in [4.69, 9.17) is 9.26 Å². The number of aromatic nitrogens is 2. The molecule has 2 aromatic rings. The van der Waals surface area contributed by atoms with Crippen LogP contribution in [-0.4, -0.2) is 35.8 Å². The van der Waals surface area contributed by atoms with E-state index in [-0.39, 0.29) is 5.91 Å². The second-order valence-electron chi connectivity index (χ2n) is 4.51. The minimum absolute atomic E-state index is 0.191. The van der Waals surface area contributed by atoms with E-state index >= 15 is 0 Å². The summed E-state index contributed by atoms with van der Waals surface area (Å²) in [5.74, 6) is 0.306. The molecule has 1 N–H and O–H groups in total. The lowest BCUT2D eigenvalue weighted by molar-refractivity contribution is 0.0943. The van der Waals surface area contributed by atoms with Gasteiger partial charge < -0.3 is 14.6 Å². The molecule has 2 heterocycles. The fourth-order valence-corrected chi connectivity index (χ4v) is 1.95. The van der Waals surface area contributed by atoms with Gasteiger partial charge in [0.2, 0.25) is 0 Å². The van der Waals surface area contributed by atoms with Crippen LogP contribution in [0, 0.1) is 6.92 Å². The summed E-state index contributed by atoms with van der Waals surface area (Å²) in [5.41, 5.74) is 1.73. The van der Waals surface area contributed by atoms with Crippen LogP contribution < -0.4 is 5.32 Å². The summed E-state index contributed by atoms with van der Waals surface area (Å²) in [6, 6.07) is 3.64. The van der Waals surface area contributed by atoms with Crippen LogP contribution >= 0.6 is 0 Å². The Labute approximate surface area is 123 Å². The number of amides is 1. The van der Waals surface area contributed by atoms with Crippen molar-refractivity contribution in [2.75, 3.05) is 19.8 Å². The van der Waals surface area contributed by atoms with Crippen LogP contribution in [0.4, 0.5) is 0 Å². The SMILES string of the molecule is CCOCCCNC(=O)c1c(-c2cccnc2)noc1C. The van der Waals surface area contributed by atoms with E-state index in [0.29, 0.717) is 36.8 Å². The van der Waals surface area contributed by atoms with Crippen LogP contribution in [0.5, 0.6) is 0 Å². The third kappa shape index (κ3) is 3.88. The third-order valence-electron chi connectivity index (χ3n) is 2.98. The molecule has 6 heteroatoms. The lowest BCUT2D eigenvalue weighted by Crippen LogP contribution is -2.26. The first-order valence-electron chi connectivity index (χ1n) is 6.96. The molecule has 0 unspecified atom stereocenters. The summed E-state index contributed by atoms with van der Waals surface area (Å²) < 4.78 is 10.4. The highest BCUT2D eigenvalue weighted by molar-refractivity contribution is 6.00. The number of nitrogens with zero attached hydrogens (tertiary/aromatic N) is 2. The zero-order valence-electron chi connectivity index (χ0n) is 12.3. The van der Waals surface area contributed by atoms with Gasteiger partial charge in [-0.3, -0.25) is 9.78 Å². The van der Waals surface area contributed by atoms with Crippen molar-refractivity contribution in [1.82, 2.24) is 15.5 Å². The van der Waals surface area contributed by atoms with Crippen LogP contribution in [0.2, 0.25) is 0 Å². The Morgan fingerprint density at radius 1 is 1.48 bits per heavy atom. The third-order valence-corrected chi connectivity index (χ3v) is 2.98. The largest absolute Gasteiger partial charge is 0.382 e. The van der Waals surface area contributed by atoms with Gasteiger partial charge in [0.05, 0.1) is 0 Å². The van der Waals surface area contributed by atoms with Crippen molar-refractivity contribution in [3.05, 3.63) is 35.9 Å². The summed E-state index contributed by atoms with van der Waals surface area (Å²) in [6.07, 6.45) is 4.10. The number of ether oxygens (including phenoxy) is 1. The molecule has 0 aromatic carbocycles. The average Bonchev–Trinajstić information content (AvgIpc) is 2.89. The first-order chi connectivity index (χ1) is 10.2. The highest BCUT2D eigenvalue weighted by atomic mass is 16.5. The Kier molecular flexibility index (Phi) is 5.45. The molecule has 2 aromatic heterocycles. The molecule has 0 atom stereocenters. The van der Waals surface area contributed by atoms with E-state index < -0.39 is 0 Å². The minimum Gasteiger partial charge on any atom is -0.382 e. The number of nitrogens with one attached hydrogen (secondary N) is 1. The van der Waals surface area contributed by atoms with Crippen molar-refractivity contribution in [2.45, 2.75) is 20.3 Å². The summed E-state index contributed by atoms with van der Waals surface area (Å²) in [5, 5.41) is 6.82. The number of pyridine rings is 1. The molecule has 112 valence electrons. The Morgan fingerprint density at radius 3 is 3.05 bits per heavy atom. The summed E-state index contributed by atoms with van der Waals surface area (Å²) in [4.78, 5) is 16.3. The first-order valence-corrected chi connectivity index (χ1v) is 6.96. The summed E-state index contributed by atoms with van der Waals surface area (Å²) in [6.45, 7) is 5.54. The summed E-state index contributed by atoms with van der Waals surface area (Å²) >= 11 is 0. The molecule has 0 aliphatic rings. The lowest BCUT2D eigenvalue weighted by atomic mass is 10.1. The lowest BCUT2D eigenvalue weighted by Gasteiger charge is -2.05. The second kappa shape index (κ2) is 7.54. The Bertz CT molecular complexity index is 581. The topological polar surface area (TPSA) is 77.2 Å². The van der Waals surface area contributed by atoms with Gasteiger partial charge in [-0.15, -0.1) is 0 Å². The van der Waals surface area contributed by atoms with Gasteiger partial charge in [0.25, 0.3) is 5.91 Å². The molecule has 0 aliphatic heterocycles. The highest BCUT2D eigenvalue weighted by Gasteiger charge is 2.21. The first kappa shape index (κ1) is 15.2. The van der Waals surface area contributed by atoms with E-state index in [1.54, 1.807) is 25.4 Å². The molecule has 0 bridgehead atoms. The van der Waals surface area contributed by atoms with Crippen LogP contribution in [0.1, 0.15) is 29.5 Å². The van der Waals surface area contributed by atoms with Gasteiger partial charge in [0.1, 0.15) is 17.0 Å². The molecule has 0 aliphatic carbocycles. The van der Waals surface area contributed by atoms with Crippen LogP contribution in [0.3, 0.4) is 0 Å². The molecule has 6 nitrogen and oxygen atoms in total. The van der Waals surface area contributed by atoms with E-state index in [2.05, 4.69) is 15.5 Å². The number of carbonyl (C=O) groups is 1. The standard InChI is InChI=1S/C15H19N3O3/c1-3-20-9-5-8-17-15(19)13-11(2)21-18-14(13)12-6-4-7-16-10-12/h4,6-7,10H,3,5,8-9H2,1-2H3,(H,17,19). The normalized spacial score (nSPS) is 10.6. The van der Waals surface area contributed by atoms with Crippen molar-refractivity contribution >= 4 is 5.91 Å². The van der Waals surface area contributed by atoms with Gasteiger partial charge in [-0.25, -0.2) is 0 Å². The van der Waals surface area contributed by atoms with Crippen LogP contribution in [-0.2, 0) is 4.74 Å². The zero-order chi connectivity index (χ0) is 15.1. The van der Waals surface area contributed by atoms with E-state index in [9.17, 15) is 4.79 Å². The quantitative estimate of drug-likeness (QED) is 0.791. The van der Waals surface area contributed by atoms with Crippen molar-refractivity contribution in [1.29, 1.82) is 0 Å². The van der Waals surface area contributed by atoms with Crippen molar-refractivity contribution in [3.63, 3.8) is 0 Å². The minimum atomic E-state index is -0.191.